The van der Waals surface area contributed by atoms with Gasteiger partial charge in [0.05, 0.1) is 0 Å². The lowest BCUT2D eigenvalue weighted by Gasteiger charge is -2.41. The highest BCUT2D eigenvalue weighted by Crippen LogP contribution is 2.38. The van der Waals surface area contributed by atoms with Crippen molar-refractivity contribution in [3.8, 4) is 0 Å². The fourth-order valence-corrected chi connectivity index (χ4v) is 4.77. The van der Waals surface area contributed by atoms with Crippen LogP contribution in [0.15, 0.2) is 24.3 Å². The Morgan fingerprint density at radius 3 is 2.34 bits per heavy atom. The number of piperidine rings is 1. The third kappa shape index (κ3) is 5.14. The minimum absolute atomic E-state index is 0.0316. The van der Waals surface area contributed by atoms with E-state index < -0.39 is 5.54 Å². The quantitative estimate of drug-likeness (QED) is 0.628. The van der Waals surface area contributed by atoms with Gasteiger partial charge in [-0.05, 0) is 70.7 Å². The molecule has 176 valence electrons. The van der Waals surface area contributed by atoms with Crippen molar-refractivity contribution in [3.63, 3.8) is 0 Å². The van der Waals surface area contributed by atoms with E-state index in [-0.39, 0.29) is 23.8 Å². The smallest absolute Gasteiger partial charge is 0.325 e. The second-order valence-corrected chi connectivity index (χ2v) is 10.0. The van der Waals surface area contributed by atoms with Crippen molar-refractivity contribution in [1.29, 1.82) is 0 Å². The Kier molecular flexibility index (Phi) is 7.59. The molecule has 4 amide bonds. The van der Waals surface area contributed by atoms with Gasteiger partial charge in [-0.25, -0.2) is 4.79 Å². The van der Waals surface area contributed by atoms with E-state index in [1.54, 1.807) is 0 Å². The van der Waals surface area contributed by atoms with Gasteiger partial charge in [-0.15, -0.1) is 0 Å². The summed E-state index contributed by atoms with van der Waals surface area (Å²) in [5.74, 6) is 0.419. The number of likely N-dealkylation sites (tertiary alicyclic amines) is 1. The van der Waals surface area contributed by atoms with Crippen LogP contribution in [0.4, 0.5) is 4.79 Å². The van der Waals surface area contributed by atoms with Crippen molar-refractivity contribution in [2.24, 2.45) is 11.8 Å². The monoisotopic (exact) mass is 442 g/mol. The van der Waals surface area contributed by atoms with E-state index in [1.165, 1.54) is 4.90 Å². The third-order valence-corrected chi connectivity index (χ3v) is 6.87. The van der Waals surface area contributed by atoms with Crippen LogP contribution in [-0.4, -0.2) is 78.4 Å². The van der Waals surface area contributed by atoms with Crippen LogP contribution in [0.1, 0.15) is 55.5 Å². The average Bonchev–Trinajstić information content (AvgIpc) is 3.01. The van der Waals surface area contributed by atoms with Crippen molar-refractivity contribution < 1.29 is 14.4 Å². The molecule has 2 aliphatic rings. The Morgan fingerprint density at radius 1 is 1.16 bits per heavy atom. The van der Waals surface area contributed by atoms with E-state index in [9.17, 15) is 14.4 Å². The SMILES string of the molecule is Cc1ccc(C(=O)N2CCC(C3(CCC(C)C)NC(=O)N(CCN(C)C)C3=O)CC2)cc1. The van der Waals surface area contributed by atoms with Gasteiger partial charge in [0.1, 0.15) is 5.54 Å². The van der Waals surface area contributed by atoms with Gasteiger partial charge in [0.15, 0.2) is 0 Å². The first-order valence-electron chi connectivity index (χ1n) is 11.8. The molecule has 1 atom stereocenters. The summed E-state index contributed by atoms with van der Waals surface area (Å²) < 4.78 is 0. The maximum absolute atomic E-state index is 13.6. The van der Waals surface area contributed by atoms with Crippen LogP contribution in [-0.2, 0) is 4.79 Å². The number of imide groups is 1. The van der Waals surface area contributed by atoms with Crippen LogP contribution < -0.4 is 5.32 Å². The van der Waals surface area contributed by atoms with Crippen LogP contribution >= 0.6 is 0 Å². The van der Waals surface area contributed by atoms with Crippen LogP contribution in [0.2, 0.25) is 0 Å². The summed E-state index contributed by atoms with van der Waals surface area (Å²) in [6.45, 7) is 8.52. The molecule has 7 heteroatoms. The Labute approximate surface area is 192 Å². The summed E-state index contributed by atoms with van der Waals surface area (Å²) in [7, 11) is 3.87. The zero-order chi connectivity index (χ0) is 23.5. The van der Waals surface area contributed by atoms with Gasteiger partial charge >= 0.3 is 6.03 Å². The molecule has 0 saturated carbocycles. The van der Waals surface area contributed by atoms with Crippen molar-refractivity contribution in [1.82, 2.24) is 20.0 Å². The lowest BCUT2D eigenvalue weighted by molar-refractivity contribution is -0.134. The van der Waals surface area contributed by atoms with Gasteiger partial charge in [0.2, 0.25) is 0 Å². The zero-order valence-electron chi connectivity index (χ0n) is 20.2. The maximum Gasteiger partial charge on any atom is 0.325 e. The molecule has 1 unspecified atom stereocenters. The molecular formula is C25H38N4O3. The number of nitrogens with one attached hydrogen (secondary N) is 1. The zero-order valence-corrected chi connectivity index (χ0v) is 20.2. The van der Waals surface area contributed by atoms with E-state index >= 15 is 0 Å². The fraction of sp³-hybridized carbons (Fsp3) is 0.640. The first-order chi connectivity index (χ1) is 15.1. The minimum atomic E-state index is -0.855. The lowest BCUT2D eigenvalue weighted by Crippen LogP contribution is -2.56. The Morgan fingerprint density at radius 2 is 1.78 bits per heavy atom. The van der Waals surface area contributed by atoms with Gasteiger partial charge in [-0.3, -0.25) is 14.5 Å². The number of aryl methyl sites for hydroxylation is 1. The summed E-state index contributed by atoms with van der Waals surface area (Å²) in [5, 5.41) is 3.11. The van der Waals surface area contributed by atoms with Crippen LogP contribution in [0.25, 0.3) is 0 Å². The van der Waals surface area contributed by atoms with Gasteiger partial charge in [-0.2, -0.15) is 0 Å². The number of benzene rings is 1. The summed E-state index contributed by atoms with van der Waals surface area (Å²) in [5.41, 5.74) is 0.970. The molecule has 0 aliphatic carbocycles. The van der Waals surface area contributed by atoms with E-state index in [0.717, 1.165) is 12.0 Å². The molecule has 1 aromatic carbocycles. The topological polar surface area (TPSA) is 73.0 Å². The number of carbonyl (C=O) groups is 3. The van der Waals surface area contributed by atoms with Crippen molar-refractivity contribution >= 4 is 17.8 Å². The van der Waals surface area contributed by atoms with Gasteiger partial charge in [-0.1, -0.05) is 31.5 Å². The van der Waals surface area contributed by atoms with E-state index in [2.05, 4.69) is 19.2 Å². The lowest BCUT2D eigenvalue weighted by atomic mass is 9.73. The molecule has 2 aliphatic heterocycles. The number of urea groups is 1. The second kappa shape index (κ2) is 10.0. The fourth-order valence-electron chi connectivity index (χ4n) is 4.77. The molecule has 0 bridgehead atoms. The summed E-state index contributed by atoms with van der Waals surface area (Å²) >= 11 is 0. The van der Waals surface area contributed by atoms with Gasteiger partial charge < -0.3 is 15.1 Å². The molecule has 0 aromatic heterocycles. The molecule has 0 radical (unpaired) electrons. The molecule has 3 rings (SSSR count). The number of nitrogens with zero attached hydrogens (tertiary/aromatic N) is 3. The summed E-state index contributed by atoms with van der Waals surface area (Å²) in [4.78, 5) is 44.5. The molecule has 2 heterocycles. The highest BCUT2D eigenvalue weighted by Gasteiger charge is 2.55. The number of amides is 4. The normalized spacial score (nSPS) is 22.2. The maximum atomic E-state index is 13.6. The standard InChI is InChI=1S/C25H38N4O3/c1-18(2)10-13-25(23(31)29(24(32)26-25)17-16-27(4)5)21-11-14-28(15-12-21)22(30)20-8-6-19(3)7-9-20/h6-9,18,21H,10-17H2,1-5H3,(H,26,32). The Bertz CT molecular complexity index is 828. The van der Waals surface area contributed by atoms with Crippen molar-refractivity contribution in [2.75, 3.05) is 40.3 Å². The van der Waals surface area contributed by atoms with Crippen molar-refractivity contribution in [3.05, 3.63) is 35.4 Å². The Balaban J connectivity index is 1.73. The number of hydrogen-bond donors (Lipinski definition) is 1. The predicted octanol–water partition coefficient (Wildman–Crippen LogP) is 3.14. The first-order valence-corrected chi connectivity index (χ1v) is 11.8. The molecule has 1 aromatic rings. The molecular weight excluding hydrogens is 404 g/mol. The third-order valence-electron chi connectivity index (χ3n) is 6.87. The minimum Gasteiger partial charge on any atom is -0.339 e. The van der Waals surface area contributed by atoms with E-state index in [0.29, 0.717) is 56.9 Å². The number of hydrogen-bond acceptors (Lipinski definition) is 4. The summed E-state index contributed by atoms with van der Waals surface area (Å²) in [6, 6.07) is 7.37. The van der Waals surface area contributed by atoms with Crippen LogP contribution in [0, 0.1) is 18.8 Å². The largest absolute Gasteiger partial charge is 0.339 e. The molecule has 7 nitrogen and oxygen atoms in total. The number of likely N-dealkylation sites (N-methyl/N-ethyl adjacent to an activating group) is 1. The molecule has 2 saturated heterocycles. The molecule has 2 fully saturated rings. The molecule has 0 spiro atoms. The van der Waals surface area contributed by atoms with Crippen LogP contribution in [0.5, 0.6) is 0 Å². The highest BCUT2D eigenvalue weighted by molar-refractivity contribution is 6.07. The Hall–Kier alpha value is -2.41. The molecule has 32 heavy (non-hydrogen) atoms. The van der Waals surface area contributed by atoms with Crippen molar-refractivity contribution in [2.45, 2.75) is 52.0 Å². The van der Waals surface area contributed by atoms with E-state index in [4.69, 9.17) is 0 Å². The van der Waals surface area contributed by atoms with E-state index in [1.807, 2.05) is 55.1 Å². The average molecular weight is 443 g/mol. The predicted molar refractivity (Wildman–Crippen MR) is 125 cm³/mol. The molecule has 1 N–H and O–H groups in total. The van der Waals surface area contributed by atoms with Gasteiger partial charge in [0, 0.05) is 31.7 Å². The summed E-state index contributed by atoms with van der Waals surface area (Å²) in [6.07, 6.45) is 2.94. The first kappa shape index (κ1) is 24.2. The number of carbonyl (C=O) groups excluding carboxylic acids is 3. The second-order valence-electron chi connectivity index (χ2n) is 10.0. The van der Waals surface area contributed by atoms with Gasteiger partial charge in [0.25, 0.3) is 11.8 Å². The highest BCUT2D eigenvalue weighted by atomic mass is 16.2. The number of rotatable bonds is 8. The van der Waals surface area contributed by atoms with Crippen LogP contribution in [0.3, 0.4) is 0 Å².